The molecular formula is C23H40N4O3S. The van der Waals surface area contributed by atoms with Gasteiger partial charge in [-0.25, -0.2) is 13.1 Å². The summed E-state index contributed by atoms with van der Waals surface area (Å²) in [6.45, 7) is 19.0. The van der Waals surface area contributed by atoms with Crippen molar-refractivity contribution in [3.8, 4) is 0 Å². The SMILES string of the molecule is CCN1CCN(CCCNC(=O)CCNS(=O)(=O)c2c(C)c(C)c(C)c(C)c2C)CC1. The summed E-state index contributed by atoms with van der Waals surface area (Å²) >= 11 is 0. The van der Waals surface area contributed by atoms with Crippen LogP contribution in [-0.4, -0.2) is 76.5 Å². The van der Waals surface area contributed by atoms with Crippen molar-refractivity contribution in [2.45, 2.75) is 59.3 Å². The van der Waals surface area contributed by atoms with Gasteiger partial charge in [-0.2, -0.15) is 0 Å². The van der Waals surface area contributed by atoms with Crippen LogP contribution in [0.4, 0.5) is 0 Å². The maximum absolute atomic E-state index is 12.9. The van der Waals surface area contributed by atoms with Crippen molar-refractivity contribution in [2.75, 3.05) is 52.4 Å². The highest BCUT2D eigenvalue weighted by molar-refractivity contribution is 7.89. The van der Waals surface area contributed by atoms with E-state index in [1.807, 2.05) is 34.6 Å². The van der Waals surface area contributed by atoms with Gasteiger partial charge in [0.2, 0.25) is 15.9 Å². The fourth-order valence-corrected chi connectivity index (χ4v) is 5.82. The molecule has 1 fully saturated rings. The number of likely N-dealkylation sites (N-methyl/N-ethyl adjacent to an activating group) is 1. The molecule has 8 heteroatoms. The lowest BCUT2D eigenvalue weighted by Crippen LogP contribution is -2.46. The number of benzene rings is 1. The Labute approximate surface area is 188 Å². The summed E-state index contributed by atoms with van der Waals surface area (Å²) in [7, 11) is -3.67. The highest BCUT2D eigenvalue weighted by atomic mass is 32.2. The van der Waals surface area contributed by atoms with Gasteiger partial charge in [0, 0.05) is 45.7 Å². The van der Waals surface area contributed by atoms with Crippen LogP contribution in [0.1, 0.15) is 47.6 Å². The quantitative estimate of drug-likeness (QED) is 0.531. The second kappa shape index (κ2) is 11.4. The Hall–Kier alpha value is -1.48. The van der Waals surface area contributed by atoms with E-state index in [4.69, 9.17) is 0 Å². The predicted octanol–water partition coefficient (Wildman–Crippen LogP) is 2.04. The third-order valence-corrected chi connectivity index (χ3v) is 8.46. The van der Waals surface area contributed by atoms with Crippen LogP contribution >= 0.6 is 0 Å². The minimum Gasteiger partial charge on any atom is -0.356 e. The Morgan fingerprint density at radius 2 is 1.35 bits per heavy atom. The van der Waals surface area contributed by atoms with E-state index >= 15 is 0 Å². The molecule has 31 heavy (non-hydrogen) atoms. The molecule has 2 rings (SSSR count). The molecule has 1 saturated heterocycles. The van der Waals surface area contributed by atoms with E-state index in [9.17, 15) is 13.2 Å². The second-order valence-electron chi connectivity index (χ2n) is 8.58. The molecule has 1 aliphatic heterocycles. The first-order valence-electron chi connectivity index (χ1n) is 11.4. The molecular weight excluding hydrogens is 412 g/mol. The first kappa shape index (κ1) is 25.8. The maximum atomic E-state index is 12.9. The molecule has 0 aliphatic carbocycles. The van der Waals surface area contributed by atoms with Crippen molar-refractivity contribution < 1.29 is 13.2 Å². The fraction of sp³-hybridized carbons (Fsp3) is 0.696. The van der Waals surface area contributed by atoms with Crippen LogP contribution in [-0.2, 0) is 14.8 Å². The Kier molecular flexibility index (Phi) is 9.48. The number of sulfonamides is 1. The highest BCUT2D eigenvalue weighted by Crippen LogP contribution is 2.29. The summed E-state index contributed by atoms with van der Waals surface area (Å²) in [5.74, 6) is -0.122. The number of hydrogen-bond donors (Lipinski definition) is 2. The molecule has 0 bridgehead atoms. The van der Waals surface area contributed by atoms with Crippen LogP contribution in [0.2, 0.25) is 0 Å². The number of carbonyl (C=O) groups is 1. The normalized spacial score (nSPS) is 15.9. The van der Waals surface area contributed by atoms with Crippen LogP contribution in [0.5, 0.6) is 0 Å². The molecule has 1 aliphatic rings. The molecule has 176 valence electrons. The Balaban J connectivity index is 1.76. The number of nitrogens with zero attached hydrogens (tertiary/aromatic N) is 2. The van der Waals surface area contributed by atoms with Gasteiger partial charge in [-0.3, -0.25) is 4.79 Å². The van der Waals surface area contributed by atoms with Crippen LogP contribution in [0.3, 0.4) is 0 Å². The fourth-order valence-electron chi connectivity index (χ4n) is 4.19. The average molecular weight is 453 g/mol. The molecule has 0 radical (unpaired) electrons. The second-order valence-corrected chi connectivity index (χ2v) is 10.3. The zero-order valence-electron chi connectivity index (χ0n) is 20.1. The van der Waals surface area contributed by atoms with Gasteiger partial charge in [0.15, 0.2) is 0 Å². The van der Waals surface area contributed by atoms with Gasteiger partial charge in [0.1, 0.15) is 0 Å². The molecule has 0 unspecified atom stereocenters. The zero-order chi connectivity index (χ0) is 23.2. The molecule has 2 N–H and O–H groups in total. The van der Waals surface area contributed by atoms with E-state index in [0.717, 1.165) is 73.5 Å². The number of amides is 1. The number of carbonyl (C=O) groups excluding carboxylic acids is 1. The topological polar surface area (TPSA) is 81.8 Å². The first-order valence-corrected chi connectivity index (χ1v) is 12.8. The smallest absolute Gasteiger partial charge is 0.241 e. The summed E-state index contributed by atoms with van der Waals surface area (Å²) in [5, 5.41) is 2.91. The van der Waals surface area contributed by atoms with Crippen molar-refractivity contribution in [1.82, 2.24) is 19.8 Å². The lowest BCUT2D eigenvalue weighted by Gasteiger charge is -2.33. The molecule has 7 nitrogen and oxygen atoms in total. The molecule has 1 aromatic rings. The van der Waals surface area contributed by atoms with E-state index < -0.39 is 10.0 Å². The van der Waals surface area contributed by atoms with Gasteiger partial charge in [-0.05, 0) is 81.9 Å². The number of nitrogens with one attached hydrogen (secondary N) is 2. The van der Waals surface area contributed by atoms with Crippen LogP contribution < -0.4 is 10.0 Å². The third-order valence-electron chi connectivity index (χ3n) is 6.73. The molecule has 0 atom stereocenters. The predicted molar refractivity (Wildman–Crippen MR) is 126 cm³/mol. The number of hydrogen-bond acceptors (Lipinski definition) is 5. The summed E-state index contributed by atoms with van der Waals surface area (Å²) in [6.07, 6.45) is 1.04. The van der Waals surface area contributed by atoms with E-state index in [2.05, 4.69) is 26.8 Å². The van der Waals surface area contributed by atoms with Crippen molar-refractivity contribution >= 4 is 15.9 Å². The van der Waals surface area contributed by atoms with Gasteiger partial charge < -0.3 is 15.1 Å². The lowest BCUT2D eigenvalue weighted by atomic mass is 9.95. The molecule has 0 spiro atoms. The minimum atomic E-state index is -3.67. The zero-order valence-corrected chi connectivity index (χ0v) is 20.9. The third kappa shape index (κ3) is 6.75. The summed E-state index contributed by atoms with van der Waals surface area (Å²) in [6, 6.07) is 0. The monoisotopic (exact) mass is 452 g/mol. The van der Waals surface area contributed by atoms with Gasteiger partial charge in [0.05, 0.1) is 4.90 Å². The number of rotatable bonds is 10. The number of piperazine rings is 1. The van der Waals surface area contributed by atoms with Crippen molar-refractivity contribution in [1.29, 1.82) is 0 Å². The van der Waals surface area contributed by atoms with E-state index in [1.165, 1.54) is 0 Å². The molecule has 0 saturated carbocycles. The molecule has 0 aromatic heterocycles. The molecule has 1 amide bonds. The van der Waals surface area contributed by atoms with E-state index in [1.54, 1.807) is 0 Å². The van der Waals surface area contributed by atoms with Crippen LogP contribution in [0, 0.1) is 34.6 Å². The minimum absolute atomic E-state index is 0.0952. The van der Waals surface area contributed by atoms with Crippen molar-refractivity contribution in [2.24, 2.45) is 0 Å². The molecule has 1 heterocycles. The van der Waals surface area contributed by atoms with Crippen molar-refractivity contribution in [3.63, 3.8) is 0 Å². The maximum Gasteiger partial charge on any atom is 0.241 e. The highest BCUT2D eigenvalue weighted by Gasteiger charge is 2.23. The summed E-state index contributed by atoms with van der Waals surface area (Å²) in [4.78, 5) is 17.3. The van der Waals surface area contributed by atoms with E-state index in [0.29, 0.717) is 11.4 Å². The van der Waals surface area contributed by atoms with E-state index in [-0.39, 0.29) is 18.9 Å². The van der Waals surface area contributed by atoms with Gasteiger partial charge in [0.25, 0.3) is 0 Å². The van der Waals surface area contributed by atoms with Gasteiger partial charge in [-0.15, -0.1) is 0 Å². The van der Waals surface area contributed by atoms with Crippen LogP contribution in [0.15, 0.2) is 4.90 Å². The largest absolute Gasteiger partial charge is 0.356 e. The average Bonchev–Trinajstić information content (AvgIpc) is 2.74. The van der Waals surface area contributed by atoms with Gasteiger partial charge in [-0.1, -0.05) is 6.92 Å². The molecule has 1 aromatic carbocycles. The standard InChI is InChI=1S/C23H40N4O3S/c1-7-26-13-15-27(16-14-26)12-8-10-24-22(28)9-11-25-31(29,30)23-20(5)18(3)17(2)19(4)21(23)6/h25H,7-16H2,1-6H3,(H,24,28). The summed E-state index contributed by atoms with van der Waals surface area (Å²) in [5.41, 5.74) is 4.67. The Bertz CT molecular complexity index is 846. The van der Waals surface area contributed by atoms with Crippen LogP contribution in [0.25, 0.3) is 0 Å². The van der Waals surface area contributed by atoms with Crippen molar-refractivity contribution in [3.05, 3.63) is 27.8 Å². The first-order chi connectivity index (χ1) is 14.6. The lowest BCUT2D eigenvalue weighted by molar-refractivity contribution is -0.120. The van der Waals surface area contributed by atoms with Gasteiger partial charge >= 0.3 is 0 Å². The Morgan fingerprint density at radius 1 is 0.839 bits per heavy atom. The summed E-state index contributed by atoms with van der Waals surface area (Å²) < 4.78 is 28.4. The Morgan fingerprint density at radius 3 is 1.90 bits per heavy atom.